The molecule has 1 unspecified atom stereocenters. The standard InChI is InChI=1S/C31H43NO10/c1-28(2,26(38)27(39)40)16-32-23(36)7-8-24(37)42-15-22(35)31(41)12-10-20-19-6-5-17-13-18(33)9-11-29(17,3)25(19)21(34)14-30(20,31)4/h13,19-20,25-26,38,41H,5-12,14-16H2,1-4H3,(H,32,36)(H,39,40)/t19-,20-,25+,26?,29-,30-,31-/m0/s1. The van der Waals surface area contributed by atoms with Gasteiger partial charge in [-0.2, -0.15) is 0 Å². The van der Waals surface area contributed by atoms with Crippen LogP contribution >= 0.6 is 0 Å². The first-order chi connectivity index (χ1) is 19.5. The van der Waals surface area contributed by atoms with Crippen LogP contribution in [0.15, 0.2) is 11.6 Å². The molecule has 42 heavy (non-hydrogen) atoms. The number of hydrogen-bond donors (Lipinski definition) is 4. The number of fused-ring (bicyclic) bond motifs is 5. The van der Waals surface area contributed by atoms with Crippen molar-refractivity contribution in [2.75, 3.05) is 13.2 Å². The summed E-state index contributed by atoms with van der Waals surface area (Å²) in [5.74, 6) is -3.63. The molecule has 11 nitrogen and oxygen atoms in total. The van der Waals surface area contributed by atoms with E-state index in [-0.39, 0.29) is 67.0 Å². The highest BCUT2D eigenvalue weighted by atomic mass is 16.5. The van der Waals surface area contributed by atoms with Crippen LogP contribution in [0.25, 0.3) is 0 Å². The number of Topliss-reactive ketones (excluding diaryl/α,β-unsaturated/α-hetero) is 2. The van der Waals surface area contributed by atoms with Crippen molar-refractivity contribution in [3.8, 4) is 0 Å². The van der Waals surface area contributed by atoms with Gasteiger partial charge in [-0.1, -0.05) is 33.3 Å². The summed E-state index contributed by atoms with van der Waals surface area (Å²) in [6.45, 7) is 6.03. The number of rotatable bonds is 10. The Morgan fingerprint density at radius 1 is 1.10 bits per heavy atom. The van der Waals surface area contributed by atoms with E-state index in [1.54, 1.807) is 13.0 Å². The van der Waals surface area contributed by atoms with E-state index in [2.05, 4.69) is 12.2 Å². The molecule has 0 spiro atoms. The fourth-order valence-electron chi connectivity index (χ4n) is 8.24. The van der Waals surface area contributed by atoms with Crippen LogP contribution in [-0.4, -0.2) is 75.4 Å². The van der Waals surface area contributed by atoms with Crippen LogP contribution in [0.2, 0.25) is 0 Å². The molecular weight excluding hydrogens is 546 g/mol. The topological polar surface area (TPSA) is 184 Å². The van der Waals surface area contributed by atoms with Gasteiger partial charge in [-0.15, -0.1) is 0 Å². The maximum atomic E-state index is 13.7. The quantitative estimate of drug-likeness (QED) is 0.274. The largest absolute Gasteiger partial charge is 0.479 e. The molecule has 232 valence electrons. The molecule has 3 saturated carbocycles. The smallest absolute Gasteiger partial charge is 0.333 e. The van der Waals surface area contributed by atoms with Crippen LogP contribution in [0.1, 0.15) is 85.5 Å². The van der Waals surface area contributed by atoms with E-state index in [1.807, 2.05) is 0 Å². The van der Waals surface area contributed by atoms with Gasteiger partial charge in [-0.25, -0.2) is 4.79 Å². The van der Waals surface area contributed by atoms with Crippen molar-refractivity contribution in [1.82, 2.24) is 5.32 Å². The molecule has 4 aliphatic carbocycles. The lowest BCUT2D eigenvalue weighted by Gasteiger charge is -2.57. The van der Waals surface area contributed by atoms with Crippen molar-refractivity contribution in [2.24, 2.45) is 34.0 Å². The monoisotopic (exact) mass is 589 g/mol. The van der Waals surface area contributed by atoms with Gasteiger partial charge in [-0.3, -0.25) is 24.0 Å². The highest BCUT2D eigenvalue weighted by Gasteiger charge is 2.68. The Hall–Kier alpha value is -2.92. The fourth-order valence-corrected chi connectivity index (χ4v) is 8.24. The van der Waals surface area contributed by atoms with Gasteiger partial charge in [0.15, 0.2) is 18.5 Å². The number of carboxylic acid groups (broad SMARTS) is 1. The van der Waals surface area contributed by atoms with E-state index in [0.717, 1.165) is 18.4 Å². The average Bonchev–Trinajstić information content (AvgIpc) is 3.19. The van der Waals surface area contributed by atoms with Crippen LogP contribution in [0.5, 0.6) is 0 Å². The van der Waals surface area contributed by atoms with Gasteiger partial charge in [0.1, 0.15) is 11.4 Å². The van der Waals surface area contributed by atoms with Crippen molar-refractivity contribution in [2.45, 2.75) is 97.2 Å². The van der Waals surface area contributed by atoms with Crippen LogP contribution in [0.3, 0.4) is 0 Å². The third-order valence-electron chi connectivity index (χ3n) is 10.9. The van der Waals surface area contributed by atoms with E-state index in [4.69, 9.17) is 9.84 Å². The number of amides is 1. The lowest BCUT2D eigenvalue weighted by molar-refractivity contribution is -0.173. The Balaban J connectivity index is 1.33. The minimum Gasteiger partial charge on any atom is -0.479 e. The summed E-state index contributed by atoms with van der Waals surface area (Å²) < 4.78 is 5.13. The SMILES string of the molecule is CC(C)(CNC(=O)CCC(=O)OCC(=O)[C@@]1(O)CC[C@H]2[C@@H]3CCC4=CC(=O)CC[C@]4(C)[C@H]3C(=O)C[C@@]21C)C(O)C(=O)O. The Morgan fingerprint density at radius 2 is 1.79 bits per heavy atom. The second kappa shape index (κ2) is 11.3. The lowest BCUT2D eigenvalue weighted by atomic mass is 9.46. The van der Waals surface area contributed by atoms with Gasteiger partial charge in [-0.05, 0) is 55.4 Å². The van der Waals surface area contributed by atoms with Crippen molar-refractivity contribution < 1.29 is 48.8 Å². The van der Waals surface area contributed by atoms with Gasteiger partial charge >= 0.3 is 11.9 Å². The van der Waals surface area contributed by atoms with Gasteiger partial charge < -0.3 is 25.4 Å². The third kappa shape index (κ3) is 5.45. The van der Waals surface area contributed by atoms with Gasteiger partial charge in [0, 0.05) is 42.6 Å². The first-order valence-electron chi connectivity index (χ1n) is 14.8. The minimum atomic E-state index is -1.83. The second-order valence-corrected chi connectivity index (χ2v) is 13.9. The summed E-state index contributed by atoms with van der Waals surface area (Å²) in [7, 11) is 0. The van der Waals surface area contributed by atoms with Crippen LogP contribution in [-0.2, 0) is 33.5 Å². The molecule has 3 fully saturated rings. The molecule has 4 aliphatic rings. The Labute approximate surface area is 245 Å². The number of aliphatic hydroxyl groups excluding tert-OH is 1. The number of carbonyl (C=O) groups is 6. The van der Waals surface area contributed by atoms with Gasteiger partial charge in [0.05, 0.1) is 6.42 Å². The number of allylic oxidation sites excluding steroid dienone is 1. The van der Waals surface area contributed by atoms with Crippen molar-refractivity contribution >= 4 is 35.2 Å². The van der Waals surface area contributed by atoms with Crippen molar-refractivity contribution in [3.63, 3.8) is 0 Å². The summed E-state index contributed by atoms with van der Waals surface area (Å²) in [5.41, 5.74) is -3.30. The van der Waals surface area contributed by atoms with E-state index in [9.17, 15) is 39.0 Å². The van der Waals surface area contributed by atoms with Crippen LogP contribution in [0.4, 0.5) is 0 Å². The summed E-state index contributed by atoms with van der Waals surface area (Å²) in [6, 6.07) is 0. The molecule has 0 aromatic rings. The zero-order chi connectivity index (χ0) is 31.3. The van der Waals surface area contributed by atoms with Crippen molar-refractivity contribution in [1.29, 1.82) is 0 Å². The predicted molar refractivity (Wildman–Crippen MR) is 148 cm³/mol. The minimum absolute atomic E-state index is 0.00363. The number of aliphatic hydroxyl groups is 2. The first-order valence-corrected chi connectivity index (χ1v) is 14.8. The van der Waals surface area contributed by atoms with Gasteiger partial charge in [0.25, 0.3) is 0 Å². The molecule has 7 atom stereocenters. The average molecular weight is 590 g/mol. The summed E-state index contributed by atoms with van der Waals surface area (Å²) >= 11 is 0. The molecule has 0 heterocycles. The molecule has 0 aliphatic heterocycles. The molecule has 1 amide bonds. The summed E-state index contributed by atoms with van der Waals surface area (Å²) in [5, 5.41) is 32.9. The molecular formula is C31H43NO10. The number of carbonyl (C=O) groups excluding carboxylic acids is 5. The second-order valence-electron chi connectivity index (χ2n) is 13.9. The highest BCUT2D eigenvalue weighted by Crippen LogP contribution is 2.66. The maximum Gasteiger partial charge on any atom is 0.333 e. The Bertz CT molecular complexity index is 1220. The highest BCUT2D eigenvalue weighted by molar-refractivity contribution is 5.95. The molecule has 0 radical (unpaired) electrons. The molecule has 0 bridgehead atoms. The molecule has 4 rings (SSSR count). The molecule has 0 aromatic heterocycles. The number of ketones is 3. The number of nitrogens with one attached hydrogen (secondary N) is 1. The van der Waals surface area contributed by atoms with E-state index in [0.29, 0.717) is 19.3 Å². The number of carboxylic acids is 1. The number of esters is 1. The number of hydrogen-bond acceptors (Lipinski definition) is 9. The zero-order valence-electron chi connectivity index (χ0n) is 24.9. The normalized spacial score (nSPS) is 34.8. The summed E-state index contributed by atoms with van der Waals surface area (Å²) in [4.78, 5) is 74.6. The predicted octanol–water partition coefficient (Wildman–Crippen LogP) is 1.91. The lowest BCUT2D eigenvalue weighted by Crippen LogP contribution is -2.61. The zero-order valence-corrected chi connectivity index (χ0v) is 24.9. The van der Waals surface area contributed by atoms with E-state index in [1.165, 1.54) is 13.8 Å². The van der Waals surface area contributed by atoms with Gasteiger partial charge in [0.2, 0.25) is 11.7 Å². The summed E-state index contributed by atoms with van der Waals surface area (Å²) in [6.07, 6.45) is 2.70. The molecule has 0 aromatic carbocycles. The molecule has 4 N–H and O–H groups in total. The molecule has 0 saturated heterocycles. The maximum absolute atomic E-state index is 13.7. The van der Waals surface area contributed by atoms with E-state index < -0.39 is 52.8 Å². The first kappa shape index (κ1) is 32.0. The fraction of sp³-hybridized carbons (Fsp3) is 0.742. The number of ether oxygens (including phenoxy) is 1. The van der Waals surface area contributed by atoms with Crippen molar-refractivity contribution in [3.05, 3.63) is 11.6 Å². The Kier molecular flexibility index (Phi) is 8.61. The van der Waals surface area contributed by atoms with Crippen LogP contribution in [0, 0.1) is 34.0 Å². The molecule has 11 heteroatoms. The Morgan fingerprint density at radius 3 is 2.45 bits per heavy atom. The van der Waals surface area contributed by atoms with E-state index >= 15 is 0 Å². The third-order valence-corrected chi connectivity index (χ3v) is 10.9. The number of aliphatic carboxylic acids is 1. The van der Waals surface area contributed by atoms with Crippen LogP contribution < -0.4 is 5.32 Å².